The van der Waals surface area contributed by atoms with Crippen LogP contribution in [0.15, 0.2) is 51.8 Å². The molecule has 182 valence electrons. The van der Waals surface area contributed by atoms with Crippen LogP contribution in [-0.2, 0) is 7.05 Å². The van der Waals surface area contributed by atoms with Gasteiger partial charge >= 0.3 is 5.97 Å². The number of hydrogen-bond donors (Lipinski definition) is 2. The van der Waals surface area contributed by atoms with E-state index >= 15 is 0 Å². The first-order valence-electron chi connectivity index (χ1n) is 11.2. The molecular formula is C26H22ClN5O4. The zero-order valence-electron chi connectivity index (χ0n) is 20.0. The van der Waals surface area contributed by atoms with Gasteiger partial charge in [-0.2, -0.15) is 5.10 Å². The molecule has 0 aliphatic carbocycles. The predicted octanol–water partition coefficient (Wildman–Crippen LogP) is 5.28. The van der Waals surface area contributed by atoms with Crippen LogP contribution in [-0.4, -0.2) is 30.8 Å². The van der Waals surface area contributed by atoms with Gasteiger partial charge < -0.3 is 14.8 Å². The largest absolute Gasteiger partial charge is 0.476 e. The lowest BCUT2D eigenvalue weighted by atomic mass is 9.99. The molecule has 4 heterocycles. The number of pyridine rings is 2. The smallest absolute Gasteiger partial charge is 0.356 e. The maximum Gasteiger partial charge on any atom is 0.356 e. The predicted molar refractivity (Wildman–Crippen MR) is 138 cm³/mol. The van der Waals surface area contributed by atoms with Crippen LogP contribution in [0.1, 0.15) is 40.1 Å². The van der Waals surface area contributed by atoms with Crippen molar-refractivity contribution >= 4 is 45.3 Å². The molecule has 0 saturated carbocycles. The van der Waals surface area contributed by atoms with Gasteiger partial charge in [-0.15, -0.1) is 0 Å². The van der Waals surface area contributed by atoms with Crippen LogP contribution >= 0.6 is 11.6 Å². The molecule has 5 aromatic rings. The number of nitrogens with zero attached hydrogens (tertiary/aromatic N) is 4. The van der Waals surface area contributed by atoms with Gasteiger partial charge in [-0.05, 0) is 56.7 Å². The summed E-state index contributed by atoms with van der Waals surface area (Å²) in [4.78, 5) is 33.7. The summed E-state index contributed by atoms with van der Waals surface area (Å²) in [7, 11) is 1.82. The number of carbonyl (C=O) groups is 1. The summed E-state index contributed by atoms with van der Waals surface area (Å²) >= 11 is 5.90. The number of carboxylic acids is 1. The molecule has 4 aromatic heterocycles. The van der Waals surface area contributed by atoms with Gasteiger partial charge in [-0.3, -0.25) is 9.48 Å². The molecule has 1 aromatic carbocycles. The summed E-state index contributed by atoms with van der Waals surface area (Å²) in [5, 5.41) is 17.6. The maximum atomic E-state index is 13.4. The van der Waals surface area contributed by atoms with E-state index in [1.807, 2.05) is 33.0 Å². The van der Waals surface area contributed by atoms with Gasteiger partial charge in [0.15, 0.2) is 16.9 Å². The van der Waals surface area contributed by atoms with E-state index in [9.17, 15) is 14.7 Å². The zero-order chi connectivity index (χ0) is 25.7. The van der Waals surface area contributed by atoms with Gasteiger partial charge in [0, 0.05) is 18.2 Å². The number of carboxylic acid groups (broad SMARTS) is 1. The highest BCUT2D eigenvalue weighted by Crippen LogP contribution is 2.32. The van der Waals surface area contributed by atoms with Crippen molar-refractivity contribution in [2.45, 2.75) is 26.8 Å². The molecule has 0 aliphatic rings. The fourth-order valence-electron chi connectivity index (χ4n) is 4.31. The lowest BCUT2D eigenvalue weighted by Crippen LogP contribution is -2.14. The molecule has 0 amide bonds. The summed E-state index contributed by atoms with van der Waals surface area (Å²) < 4.78 is 8.05. The Morgan fingerprint density at radius 1 is 1.14 bits per heavy atom. The van der Waals surface area contributed by atoms with Crippen molar-refractivity contribution in [1.82, 2.24) is 19.7 Å². The molecule has 10 heteroatoms. The lowest BCUT2D eigenvalue weighted by Gasteiger charge is -2.19. The fourth-order valence-corrected chi connectivity index (χ4v) is 4.46. The molecule has 0 fully saturated rings. The van der Waals surface area contributed by atoms with Crippen LogP contribution in [0.3, 0.4) is 0 Å². The Bertz CT molecular complexity index is 1740. The third-order valence-corrected chi connectivity index (χ3v) is 6.21. The summed E-state index contributed by atoms with van der Waals surface area (Å²) in [5.74, 6) is -0.836. The van der Waals surface area contributed by atoms with Crippen molar-refractivity contribution in [2.75, 3.05) is 5.32 Å². The van der Waals surface area contributed by atoms with E-state index in [-0.39, 0.29) is 16.3 Å². The number of aromatic carboxylic acids is 1. The topological polar surface area (TPSA) is 123 Å². The molecule has 0 spiro atoms. The van der Waals surface area contributed by atoms with Crippen LogP contribution in [0, 0.1) is 13.8 Å². The van der Waals surface area contributed by atoms with Gasteiger partial charge in [0.25, 0.3) is 0 Å². The minimum Gasteiger partial charge on any atom is -0.476 e. The number of hydrogen-bond acceptors (Lipinski definition) is 7. The summed E-state index contributed by atoms with van der Waals surface area (Å²) in [5.41, 5.74) is 4.30. The SMILES string of the molecule is Cc1cc([C@@H](C)Nc2ccc(Cl)nc2C(=O)O)c2oc(-c3ccc4nn(C)cc4n3)c(C)c(=O)c2c1. The normalized spacial score (nSPS) is 12.2. The first-order chi connectivity index (χ1) is 17.1. The molecule has 0 radical (unpaired) electrons. The molecule has 2 N–H and O–H groups in total. The van der Waals surface area contributed by atoms with Crippen LogP contribution < -0.4 is 10.7 Å². The maximum absolute atomic E-state index is 13.4. The highest BCUT2D eigenvalue weighted by atomic mass is 35.5. The average molecular weight is 504 g/mol. The number of aromatic nitrogens is 4. The minimum absolute atomic E-state index is 0.0795. The van der Waals surface area contributed by atoms with Gasteiger partial charge in [0.05, 0.1) is 23.3 Å². The van der Waals surface area contributed by atoms with E-state index in [0.717, 1.165) is 11.1 Å². The van der Waals surface area contributed by atoms with Crippen molar-refractivity contribution in [2.24, 2.45) is 7.05 Å². The van der Waals surface area contributed by atoms with E-state index in [0.29, 0.717) is 44.8 Å². The second kappa shape index (κ2) is 8.76. The van der Waals surface area contributed by atoms with E-state index in [1.165, 1.54) is 6.07 Å². The Hall–Kier alpha value is -4.24. The number of benzene rings is 1. The summed E-state index contributed by atoms with van der Waals surface area (Å²) in [6.07, 6.45) is 1.80. The monoisotopic (exact) mass is 503 g/mol. The first kappa shape index (κ1) is 23.5. The molecule has 9 nitrogen and oxygen atoms in total. The Kier molecular flexibility index (Phi) is 5.72. The van der Waals surface area contributed by atoms with Crippen molar-refractivity contribution in [3.63, 3.8) is 0 Å². The van der Waals surface area contributed by atoms with Crippen LogP contribution in [0.25, 0.3) is 33.5 Å². The van der Waals surface area contributed by atoms with Gasteiger partial charge in [-0.25, -0.2) is 14.8 Å². The molecule has 36 heavy (non-hydrogen) atoms. The standard InChI is InChI=1S/C26H22ClN5O4/c1-12-9-15(14(3)28-18-7-8-21(27)30-22(18)26(34)35)25-16(10-12)23(33)13(2)24(36-25)19-6-5-17-20(29-19)11-32(4)31-17/h5-11,14,28H,1-4H3,(H,34,35)/t14-/m1/s1. The number of anilines is 1. The Morgan fingerprint density at radius 2 is 1.92 bits per heavy atom. The molecule has 0 unspecified atom stereocenters. The molecule has 0 bridgehead atoms. The van der Waals surface area contributed by atoms with Crippen molar-refractivity contribution in [1.29, 1.82) is 0 Å². The van der Waals surface area contributed by atoms with Gasteiger partial charge in [-0.1, -0.05) is 17.7 Å². The number of halogens is 1. The van der Waals surface area contributed by atoms with Crippen molar-refractivity contribution < 1.29 is 14.3 Å². The number of aryl methyl sites for hydroxylation is 2. The quantitative estimate of drug-likeness (QED) is 0.310. The molecule has 5 rings (SSSR count). The second-order valence-electron chi connectivity index (χ2n) is 8.72. The third-order valence-electron chi connectivity index (χ3n) is 6.00. The Balaban J connectivity index is 1.67. The molecule has 1 atom stereocenters. The highest BCUT2D eigenvalue weighted by molar-refractivity contribution is 6.29. The van der Waals surface area contributed by atoms with E-state index in [4.69, 9.17) is 16.0 Å². The van der Waals surface area contributed by atoms with E-state index < -0.39 is 12.0 Å². The number of rotatable bonds is 5. The summed E-state index contributed by atoms with van der Waals surface area (Å²) in [6.45, 7) is 5.47. The Morgan fingerprint density at radius 3 is 2.67 bits per heavy atom. The molecule has 0 saturated heterocycles. The van der Waals surface area contributed by atoms with Crippen LogP contribution in [0.2, 0.25) is 5.15 Å². The lowest BCUT2D eigenvalue weighted by molar-refractivity contribution is 0.0691. The van der Waals surface area contributed by atoms with E-state index in [1.54, 1.807) is 36.0 Å². The van der Waals surface area contributed by atoms with Gasteiger partial charge in [0.1, 0.15) is 27.5 Å². The molecular weight excluding hydrogens is 482 g/mol. The minimum atomic E-state index is -1.21. The van der Waals surface area contributed by atoms with Gasteiger partial charge in [0.2, 0.25) is 0 Å². The summed E-state index contributed by atoms with van der Waals surface area (Å²) in [6, 6.07) is 9.96. The third kappa shape index (κ3) is 4.07. The highest BCUT2D eigenvalue weighted by Gasteiger charge is 2.21. The number of nitrogens with one attached hydrogen (secondary N) is 1. The zero-order valence-corrected chi connectivity index (χ0v) is 20.7. The fraction of sp³-hybridized carbons (Fsp3) is 0.192. The molecule has 0 aliphatic heterocycles. The van der Waals surface area contributed by atoms with Crippen molar-refractivity contribution in [3.8, 4) is 11.5 Å². The van der Waals surface area contributed by atoms with Crippen LogP contribution in [0.4, 0.5) is 5.69 Å². The van der Waals surface area contributed by atoms with Crippen LogP contribution in [0.5, 0.6) is 0 Å². The number of fused-ring (bicyclic) bond motifs is 2. The first-order valence-corrected chi connectivity index (χ1v) is 11.5. The Labute approximate surface area is 210 Å². The second-order valence-corrected chi connectivity index (χ2v) is 9.11. The average Bonchev–Trinajstić information content (AvgIpc) is 3.21. The van der Waals surface area contributed by atoms with E-state index in [2.05, 4.69) is 20.4 Å². The van der Waals surface area contributed by atoms with Crippen molar-refractivity contribution in [3.05, 3.63) is 80.4 Å².